The van der Waals surface area contributed by atoms with Gasteiger partial charge in [-0.25, -0.2) is 0 Å². The molecule has 1 fully saturated rings. The Morgan fingerprint density at radius 2 is 2.47 bits per heavy atom. The summed E-state index contributed by atoms with van der Waals surface area (Å²) in [6.45, 7) is 0. The fraction of sp³-hybridized carbons (Fsp3) is 0.273. The fourth-order valence-electron chi connectivity index (χ4n) is 1.86. The Labute approximate surface area is 102 Å². The lowest BCUT2D eigenvalue weighted by atomic mass is 10.2. The second-order valence-corrected chi connectivity index (χ2v) is 4.93. The molecule has 5 nitrogen and oxygen atoms in total. The first-order valence-corrected chi connectivity index (χ1v) is 6.54. The van der Waals surface area contributed by atoms with Crippen LogP contribution in [-0.2, 0) is 4.79 Å². The van der Waals surface area contributed by atoms with Crippen LogP contribution in [0.15, 0.2) is 24.4 Å². The minimum Gasteiger partial charge on any atom is -0.324 e. The Morgan fingerprint density at radius 3 is 3.29 bits per heavy atom. The van der Waals surface area contributed by atoms with Gasteiger partial charge in [-0.2, -0.15) is 5.10 Å². The van der Waals surface area contributed by atoms with E-state index in [1.54, 1.807) is 18.0 Å². The van der Waals surface area contributed by atoms with E-state index in [0.717, 1.165) is 28.2 Å². The zero-order chi connectivity index (χ0) is 11.7. The molecule has 2 heterocycles. The minimum absolute atomic E-state index is 0.0173. The molecule has 1 unspecified atom stereocenters. The van der Waals surface area contributed by atoms with Gasteiger partial charge in [-0.3, -0.25) is 15.2 Å². The molecule has 0 aliphatic carbocycles. The van der Waals surface area contributed by atoms with E-state index in [1.807, 2.05) is 18.2 Å². The van der Waals surface area contributed by atoms with Crippen LogP contribution in [0.2, 0.25) is 0 Å². The van der Waals surface area contributed by atoms with Crippen molar-refractivity contribution in [3.8, 4) is 0 Å². The van der Waals surface area contributed by atoms with Crippen molar-refractivity contribution in [3.63, 3.8) is 0 Å². The van der Waals surface area contributed by atoms with Gasteiger partial charge in [-0.1, -0.05) is 6.07 Å². The maximum atomic E-state index is 12.0. The Kier molecular flexibility index (Phi) is 2.74. The van der Waals surface area contributed by atoms with Crippen LogP contribution in [0.4, 0.5) is 5.69 Å². The summed E-state index contributed by atoms with van der Waals surface area (Å²) < 4.78 is 0. The van der Waals surface area contributed by atoms with Crippen LogP contribution in [-0.4, -0.2) is 33.8 Å². The normalized spacial score (nSPS) is 19.6. The molecule has 17 heavy (non-hydrogen) atoms. The predicted molar refractivity (Wildman–Crippen MR) is 69.0 cm³/mol. The number of rotatable bonds is 2. The monoisotopic (exact) mass is 248 g/mol. The SMILES string of the molecule is O=C(Nc1cccc2[nH]ncc12)C1CSCN1. The summed E-state index contributed by atoms with van der Waals surface area (Å²) in [5.74, 6) is 1.69. The van der Waals surface area contributed by atoms with Gasteiger partial charge in [0.15, 0.2) is 0 Å². The van der Waals surface area contributed by atoms with E-state index in [-0.39, 0.29) is 11.9 Å². The van der Waals surface area contributed by atoms with E-state index in [4.69, 9.17) is 0 Å². The third-order valence-electron chi connectivity index (χ3n) is 2.78. The molecule has 2 aromatic rings. The van der Waals surface area contributed by atoms with E-state index in [1.165, 1.54) is 0 Å². The van der Waals surface area contributed by atoms with Crippen LogP contribution in [0.5, 0.6) is 0 Å². The molecule has 0 spiro atoms. The molecule has 1 atom stereocenters. The molecule has 1 aromatic carbocycles. The lowest BCUT2D eigenvalue weighted by Gasteiger charge is -2.10. The summed E-state index contributed by atoms with van der Waals surface area (Å²) in [7, 11) is 0. The van der Waals surface area contributed by atoms with Gasteiger partial charge in [0.2, 0.25) is 5.91 Å². The number of carbonyl (C=O) groups excluding carboxylic acids is 1. The maximum Gasteiger partial charge on any atom is 0.242 e. The van der Waals surface area contributed by atoms with Crippen LogP contribution in [0.1, 0.15) is 0 Å². The van der Waals surface area contributed by atoms with Crippen LogP contribution in [0.25, 0.3) is 10.9 Å². The summed E-state index contributed by atoms with van der Waals surface area (Å²) in [6.07, 6.45) is 1.72. The lowest BCUT2D eigenvalue weighted by Crippen LogP contribution is -2.37. The van der Waals surface area contributed by atoms with Crippen LogP contribution < -0.4 is 10.6 Å². The number of thioether (sulfide) groups is 1. The van der Waals surface area contributed by atoms with E-state index in [0.29, 0.717) is 0 Å². The molecule has 1 amide bonds. The van der Waals surface area contributed by atoms with Crippen molar-refractivity contribution in [1.29, 1.82) is 0 Å². The van der Waals surface area contributed by atoms with E-state index in [9.17, 15) is 4.79 Å². The van der Waals surface area contributed by atoms with Crippen LogP contribution in [0, 0.1) is 0 Å². The Bertz CT molecular complexity index is 547. The number of fused-ring (bicyclic) bond motifs is 1. The van der Waals surface area contributed by atoms with Crippen molar-refractivity contribution >= 4 is 34.3 Å². The number of H-pyrrole nitrogens is 1. The largest absolute Gasteiger partial charge is 0.324 e. The van der Waals surface area contributed by atoms with E-state index >= 15 is 0 Å². The topological polar surface area (TPSA) is 69.8 Å². The fourth-order valence-corrected chi connectivity index (χ4v) is 2.80. The molecule has 1 saturated heterocycles. The third-order valence-corrected chi connectivity index (χ3v) is 3.72. The van der Waals surface area contributed by atoms with Crippen LogP contribution >= 0.6 is 11.8 Å². The summed E-state index contributed by atoms with van der Waals surface area (Å²) in [5, 5.41) is 13.9. The molecule has 1 aromatic heterocycles. The van der Waals surface area contributed by atoms with Gasteiger partial charge in [-0.15, -0.1) is 11.8 Å². The number of hydrogen-bond donors (Lipinski definition) is 3. The molecule has 3 N–H and O–H groups in total. The number of nitrogens with one attached hydrogen (secondary N) is 3. The number of benzene rings is 1. The molecule has 3 rings (SSSR count). The number of hydrogen-bond acceptors (Lipinski definition) is 4. The summed E-state index contributed by atoms with van der Waals surface area (Å²) in [5.41, 5.74) is 1.73. The Morgan fingerprint density at radius 1 is 1.53 bits per heavy atom. The Hall–Kier alpha value is -1.53. The standard InChI is InChI=1S/C11H12N4OS/c16-11(10-5-17-6-12-10)14-8-2-1-3-9-7(8)4-13-15-9/h1-4,10,12H,5-6H2,(H,13,15)(H,14,16). The molecular formula is C11H12N4OS. The molecule has 88 valence electrons. The van der Waals surface area contributed by atoms with E-state index < -0.39 is 0 Å². The molecule has 0 bridgehead atoms. The highest BCUT2D eigenvalue weighted by Crippen LogP contribution is 2.21. The number of aromatic amines is 1. The molecule has 1 aliphatic rings. The molecule has 0 radical (unpaired) electrons. The van der Waals surface area contributed by atoms with Gasteiger partial charge in [0, 0.05) is 17.0 Å². The molecule has 1 aliphatic heterocycles. The van der Waals surface area contributed by atoms with Gasteiger partial charge in [-0.05, 0) is 12.1 Å². The lowest BCUT2D eigenvalue weighted by molar-refractivity contribution is -0.117. The van der Waals surface area contributed by atoms with Crippen LogP contribution in [0.3, 0.4) is 0 Å². The predicted octanol–water partition coefficient (Wildman–Crippen LogP) is 1.16. The second kappa shape index (κ2) is 4.38. The highest BCUT2D eigenvalue weighted by atomic mass is 32.2. The molecular weight excluding hydrogens is 236 g/mol. The highest BCUT2D eigenvalue weighted by Gasteiger charge is 2.22. The second-order valence-electron chi connectivity index (χ2n) is 3.90. The minimum atomic E-state index is -0.0952. The van der Waals surface area contributed by atoms with Gasteiger partial charge >= 0.3 is 0 Å². The molecule has 0 saturated carbocycles. The quantitative estimate of drug-likeness (QED) is 0.746. The van der Waals surface area contributed by atoms with Crippen molar-refractivity contribution in [1.82, 2.24) is 15.5 Å². The zero-order valence-electron chi connectivity index (χ0n) is 9.06. The Balaban J connectivity index is 1.84. The van der Waals surface area contributed by atoms with Crippen molar-refractivity contribution in [2.75, 3.05) is 16.9 Å². The number of nitrogens with zero attached hydrogens (tertiary/aromatic N) is 1. The average molecular weight is 248 g/mol. The first-order valence-electron chi connectivity index (χ1n) is 5.39. The summed E-state index contributed by atoms with van der Waals surface area (Å²) >= 11 is 1.74. The number of anilines is 1. The van der Waals surface area contributed by atoms with Gasteiger partial charge in [0.1, 0.15) is 0 Å². The van der Waals surface area contributed by atoms with Crippen molar-refractivity contribution < 1.29 is 4.79 Å². The first-order chi connectivity index (χ1) is 8.34. The summed E-state index contributed by atoms with van der Waals surface area (Å²) in [4.78, 5) is 12.0. The average Bonchev–Trinajstić information content (AvgIpc) is 3.00. The number of carbonyl (C=O) groups is 1. The van der Waals surface area contributed by atoms with E-state index in [2.05, 4.69) is 20.8 Å². The number of aromatic nitrogens is 2. The number of amides is 1. The van der Waals surface area contributed by atoms with Crippen molar-refractivity contribution in [2.45, 2.75) is 6.04 Å². The zero-order valence-corrected chi connectivity index (χ0v) is 9.88. The van der Waals surface area contributed by atoms with Gasteiger partial charge < -0.3 is 5.32 Å². The van der Waals surface area contributed by atoms with Gasteiger partial charge in [0.05, 0.1) is 23.4 Å². The van der Waals surface area contributed by atoms with Crippen molar-refractivity contribution in [3.05, 3.63) is 24.4 Å². The maximum absolute atomic E-state index is 12.0. The first kappa shape index (κ1) is 10.6. The highest BCUT2D eigenvalue weighted by molar-refractivity contribution is 7.99. The van der Waals surface area contributed by atoms with Crippen molar-refractivity contribution in [2.24, 2.45) is 0 Å². The summed E-state index contributed by atoms with van der Waals surface area (Å²) in [6, 6.07) is 5.62. The third kappa shape index (κ3) is 2.01. The molecule has 6 heteroatoms. The smallest absolute Gasteiger partial charge is 0.242 e. The van der Waals surface area contributed by atoms with Gasteiger partial charge in [0.25, 0.3) is 0 Å².